The second-order valence-electron chi connectivity index (χ2n) is 5.24. The summed E-state index contributed by atoms with van der Waals surface area (Å²) in [6.07, 6.45) is 1.79. The normalized spacial score (nSPS) is 20.8. The Balaban J connectivity index is 2.43. The molecule has 1 aromatic carbocycles. The Morgan fingerprint density at radius 2 is 2.20 bits per heavy atom. The first-order chi connectivity index (χ1) is 9.54. The second-order valence-corrected chi connectivity index (χ2v) is 5.24. The molecule has 110 valence electrons. The molecule has 6 heteroatoms. The van der Waals surface area contributed by atoms with Gasteiger partial charge in [-0.2, -0.15) is 4.39 Å². The van der Waals surface area contributed by atoms with Crippen LogP contribution < -0.4 is 4.90 Å². The van der Waals surface area contributed by atoms with Crippen molar-refractivity contribution in [3.05, 3.63) is 34.1 Å². The molecule has 0 aromatic heterocycles. The van der Waals surface area contributed by atoms with Gasteiger partial charge in [0.2, 0.25) is 5.82 Å². The maximum atomic E-state index is 13.8. The van der Waals surface area contributed by atoms with Crippen molar-refractivity contribution in [1.82, 2.24) is 4.90 Å². The average Bonchev–Trinajstić information content (AvgIpc) is 2.59. The number of nitro benzene ring substituents is 1. The van der Waals surface area contributed by atoms with Gasteiger partial charge in [-0.3, -0.25) is 10.1 Å². The van der Waals surface area contributed by atoms with E-state index in [9.17, 15) is 14.5 Å². The predicted octanol–water partition coefficient (Wildman–Crippen LogP) is 2.65. The van der Waals surface area contributed by atoms with E-state index in [1.165, 1.54) is 0 Å². The first kappa shape index (κ1) is 14.7. The molecular formula is C14H20FN3O2. The van der Waals surface area contributed by atoms with Gasteiger partial charge in [0, 0.05) is 19.1 Å². The molecule has 1 aromatic rings. The maximum absolute atomic E-state index is 13.8. The standard InChI is InChI=1S/C14H20FN3O2/c1-3-11-10-16(2)8-5-9-17(11)13-7-4-6-12(15)14(13)18(19)20/h4,6-7,11H,3,5,8-10H2,1-2H3. The van der Waals surface area contributed by atoms with Gasteiger partial charge in [0.1, 0.15) is 5.69 Å². The Bertz CT molecular complexity index is 495. The fourth-order valence-electron chi connectivity index (χ4n) is 2.83. The van der Waals surface area contributed by atoms with Gasteiger partial charge in [-0.1, -0.05) is 13.0 Å². The van der Waals surface area contributed by atoms with E-state index in [1.807, 2.05) is 11.9 Å². The minimum absolute atomic E-state index is 0.169. The van der Waals surface area contributed by atoms with Crippen LogP contribution in [0.25, 0.3) is 0 Å². The molecule has 0 amide bonds. The van der Waals surface area contributed by atoms with E-state index < -0.39 is 16.4 Å². The molecule has 5 nitrogen and oxygen atoms in total. The van der Waals surface area contributed by atoms with Crippen molar-refractivity contribution >= 4 is 11.4 Å². The second kappa shape index (κ2) is 6.17. The third-order valence-corrected chi connectivity index (χ3v) is 3.83. The minimum Gasteiger partial charge on any atom is -0.362 e. The van der Waals surface area contributed by atoms with Crippen molar-refractivity contribution < 1.29 is 9.31 Å². The van der Waals surface area contributed by atoms with Gasteiger partial charge < -0.3 is 9.80 Å². The van der Waals surface area contributed by atoms with Crippen LogP contribution in [0.2, 0.25) is 0 Å². The number of para-hydroxylation sites is 1. The lowest BCUT2D eigenvalue weighted by Crippen LogP contribution is -2.40. The SMILES string of the molecule is CCC1CN(C)CCCN1c1cccc(F)c1[N+](=O)[O-]. The average molecular weight is 281 g/mol. The van der Waals surface area contributed by atoms with Crippen LogP contribution in [0.5, 0.6) is 0 Å². The van der Waals surface area contributed by atoms with Gasteiger partial charge in [-0.05, 0) is 38.6 Å². The Labute approximate surface area is 118 Å². The topological polar surface area (TPSA) is 49.6 Å². The fourth-order valence-corrected chi connectivity index (χ4v) is 2.83. The van der Waals surface area contributed by atoms with Gasteiger partial charge in [-0.15, -0.1) is 0 Å². The molecule has 0 saturated carbocycles. The van der Waals surface area contributed by atoms with Gasteiger partial charge in [0.15, 0.2) is 0 Å². The zero-order chi connectivity index (χ0) is 14.7. The van der Waals surface area contributed by atoms with Crippen molar-refractivity contribution in [2.45, 2.75) is 25.8 Å². The minimum atomic E-state index is -0.764. The van der Waals surface area contributed by atoms with Crippen molar-refractivity contribution in [2.75, 3.05) is 31.6 Å². The predicted molar refractivity (Wildman–Crippen MR) is 76.6 cm³/mol. The lowest BCUT2D eigenvalue weighted by atomic mass is 10.1. The maximum Gasteiger partial charge on any atom is 0.327 e. The molecular weight excluding hydrogens is 261 g/mol. The Kier molecular flexibility index (Phi) is 4.54. The summed E-state index contributed by atoms with van der Waals surface area (Å²) in [4.78, 5) is 14.8. The van der Waals surface area contributed by atoms with Crippen molar-refractivity contribution in [1.29, 1.82) is 0 Å². The third-order valence-electron chi connectivity index (χ3n) is 3.83. The number of hydrogen-bond donors (Lipinski definition) is 0. The molecule has 1 aliphatic heterocycles. The van der Waals surface area contributed by atoms with E-state index in [1.54, 1.807) is 12.1 Å². The van der Waals surface area contributed by atoms with Gasteiger partial charge in [0.05, 0.1) is 4.92 Å². The molecule has 20 heavy (non-hydrogen) atoms. The number of rotatable bonds is 3. The number of likely N-dealkylation sites (N-methyl/N-ethyl adjacent to an activating group) is 1. The molecule has 0 bridgehead atoms. The van der Waals surface area contributed by atoms with Crippen LogP contribution in [0.3, 0.4) is 0 Å². The molecule has 1 saturated heterocycles. The number of hydrogen-bond acceptors (Lipinski definition) is 4. The van der Waals surface area contributed by atoms with E-state index in [4.69, 9.17) is 0 Å². The highest BCUT2D eigenvalue weighted by atomic mass is 19.1. The summed E-state index contributed by atoms with van der Waals surface area (Å²) in [5.41, 5.74) is -0.00680. The summed E-state index contributed by atoms with van der Waals surface area (Å²) in [6.45, 7) is 4.56. The van der Waals surface area contributed by atoms with E-state index in [2.05, 4.69) is 11.8 Å². The van der Waals surface area contributed by atoms with Crippen LogP contribution in [0.15, 0.2) is 18.2 Å². The van der Waals surface area contributed by atoms with Crippen LogP contribution in [-0.4, -0.2) is 42.5 Å². The van der Waals surface area contributed by atoms with E-state index in [0.717, 1.165) is 32.0 Å². The van der Waals surface area contributed by atoms with Crippen LogP contribution in [0.4, 0.5) is 15.8 Å². The molecule has 0 spiro atoms. The first-order valence-electron chi connectivity index (χ1n) is 6.92. The number of benzene rings is 1. The quantitative estimate of drug-likeness (QED) is 0.631. The summed E-state index contributed by atoms with van der Waals surface area (Å²) in [6, 6.07) is 4.50. The first-order valence-corrected chi connectivity index (χ1v) is 6.92. The molecule has 1 fully saturated rings. The summed E-state index contributed by atoms with van der Waals surface area (Å²) in [7, 11) is 2.05. The molecule has 0 aliphatic carbocycles. The summed E-state index contributed by atoms with van der Waals surface area (Å²) >= 11 is 0. The third kappa shape index (κ3) is 2.90. The van der Waals surface area contributed by atoms with E-state index in [-0.39, 0.29) is 6.04 Å². The number of nitrogens with zero attached hydrogens (tertiary/aromatic N) is 3. The Morgan fingerprint density at radius 1 is 1.45 bits per heavy atom. The molecule has 0 radical (unpaired) electrons. The summed E-state index contributed by atoms with van der Waals surface area (Å²) in [5, 5.41) is 11.2. The van der Waals surface area contributed by atoms with Crippen LogP contribution in [-0.2, 0) is 0 Å². The largest absolute Gasteiger partial charge is 0.362 e. The fraction of sp³-hybridized carbons (Fsp3) is 0.571. The van der Waals surface area contributed by atoms with Gasteiger partial charge >= 0.3 is 5.69 Å². The van der Waals surface area contributed by atoms with Crippen molar-refractivity contribution in [3.63, 3.8) is 0 Å². The van der Waals surface area contributed by atoms with E-state index >= 15 is 0 Å². The number of anilines is 1. The summed E-state index contributed by atoms with van der Waals surface area (Å²) in [5.74, 6) is -0.764. The molecule has 1 aliphatic rings. The highest BCUT2D eigenvalue weighted by Gasteiger charge is 2.29. The molecule has 1 atom stereocenters. The van der Waals surface area contributed by atoms with Crippen LogP contribution in [0, 0.1) is 15.9 Å². The molecule has 1 heterocycles. The highest BCUT2D eigenvalue weighted by Crippen LogP contribution is 2.33. The summed E-state index contributed by atoms with van der Waals surface area (Å²) < 4.78 is 13.8. The Hall–Kier alpha value is -1.69. The van der Waals surface area contributed by atoms with Crippen LogP contribution in [0.1, 0.15) is 19.8 Å². The lowest BCUT2D eigenvalue weighted by Gasteiger charge is -2.31. The number of nitro groups is 1. The monoisotopic (exact) mass is 281 g/mol. The van der Waals surface area contributed by atoms with Gasteiger partial charge in [0.25, 0.3) is 0 Å². The van der Waals surface area contributed by atoms with Crippen molar-refractivity contribution in [3.8, 4) is 0 Å². The molecule has 1 unspecified atom stereocenters. The molecule has 0 N–H and O–H groups in total. The molecule has 2 rings (SSSR count). The van der Waals surface area contributed by atoms with Crippen molar-refractivity contribution in [2.24, 2.45) is 0 Å². The zero-order valence-corrected chi connectivity index (χ0v) is 11.9. The highest BCUT2D eigenvalue weighted by molar-refractivity contribution is 5.64. The number of halogens is 1. The van der Waals surface area contributed by atoms with Gasteiger partial charge in [-0.25, -0.2) is 0 Å². The van der Waals surface area contributed by atoms with Crippen LogP contribution >= 0.6 is 0 Å². The zero-order valence-electron chi connectivity index (χ0n) is 11.9. The smallest absolute Gasteiger partial charge is 0.327 e. The van der Waals surface area contributed by atoms with E-state index in [0.29, 0.717) is 12.2 Å². The lowest BCUT2D eigenvalue weighted by molar-refractivity contribution is -0.386. The Morgan fingerprint density at radius 3 is 2.85 bits per heavy atom.